The number of carbonyl (C=O) groups is 2. The maximum absolute atomic E-state index is 12.6. The highest BCUT2D eigenvalue weighted by atomic mass is 16.2. The van der Waals surface area contributed by atoms with Gasteiger partial charge in [0, 0.05) is 12.6 Å². The maximum atomic E-state index is 12.6. The standard InChI is InChI=1S/C14H25N3O2/c1-4-15-14(2,3)13(19)17-9-5-6-11(17)12(18)16-10-7-8-10/h10-11,15H,4-9H2,1-3H3,(H,16,18). The molecule has 1 saturated heterocycles. The number of amides is 2. The van der Waals surface area contributed by atoms with Crippen LogP contribution in [0.3, 0.4) is 0 Å². The highest BCUT2D eigenvalue weighted by Gasteiger charge is 2.41. The fourth-order valence-corrected chi connectivity index (χ4v) is 2.68. The highest BCUT2D eigenvalue weighted by Crippen LogP contribution is 2.24. The second-order valence-corrected chi connectivity index (χ2v) is 6.09. The van der Waals surface area contributed by atoms with Gasteiger partial charge in [-0.25, -0.2) is 0 Å². The van der Waals surface area contributed by atoms with E-state index in [1.165, 1.54) is 0 Å². The molecule has 1 aliphatic carbocycles. The highest BCUT2D eigenvalue weighted by molar-refractivity contribution is 5.92. The first-order valence-electron chi connectivity index (χ1n) is 7.32. The predicted molar refractivity (Wildman–Crippen MR) is 73.7 cm³/mol. The van der Waals surface area contributed by atoms with Crippen molar-refractivity contribution in [3.05, 3.63) is 0 Å². The monoisotopic (exact) mass is 267 g/mol. The molecular weight excluding hydrogens is 242 g/mol. The summed E-state index contributed by atoms with van der Waals surface area (Å²) < 4.78 is 0. The number of rotatable bonds is 5. The molecule has 1 atom stereocenters. The molecule has 5 nitrogen and oxygen atoms in total. The van der Waals surface area contributed by atoms with Crippen molar-refractivity contribution in [1.82, 2.24) is 15.5 Å². The molecule has 19 heavy (non-hydrogen) atoms. The van der Waals surface area contributed by atoms with Gasteiger partial charge in [-0.15, -0.1) is 0 Å². The van der Waals surface area contributed by atoms with Gasteiger partial charge in [0.1, 0.15) is 6.04 Å². The van der Waals surface area contributed by atoms with E-state index in [9.17, 15) is 9.59 Å². The Morgan fingerprint density at radius 2 is 1.95 bits per heavy atom. The van der Waals surface area contributed by atoms with Crippen molar-refractivity contribution in [3.8, 4) is 0 Å². The van der Waals surface area contributed by atoms with E-state index in [1.807, 2.05) is 20.8 Å². The molecule has 0 aromatic carbocycles. The average molecular weight is 267 g/mol. The van der Waals surface area contributed by atoms with Gasteiger partial charge < -0.3 is 15.5 Å². The molecule has 1 unspecified atom stereocenters. The summed E-state index contributed by atoms with van der Waals surface area (Å²) in [5, 5.41) is 6.20. The largest absolute Gasteiger partial charge is 0.352 e. The average Bonchev–Trinajstić information content (AvgIpc) is 3.02. The molecule has 2 aliphatic rings. The van der Waals surface area contributed by atoms with Gasteiger partial charge in [-0.3, -0.25) is 9.59 Å². The summed E-state index contributed by atoms with van der Waals surface area (Å²) in [5.41, 5.74) is -0.600. The molecule has 0 radical (unpaired) electrons. The number of nitrogens with zero attached hydrogens (tertiary/aromatic N) is 1. The van der Waals surface area contributed by atoms with E-state index in [-0.39, 0.29) is 17.9 Å². The number of hydrogen-bond acceptors (Lipinski definition) is 3. The number of nitrogens with one attached hydrogen (secondary N) is 2. The van der Waals surface area contributed by atoms with Crippen LogP contribution in [-0.4, -0.2) is 47.4 Å². The Labute approximate surface area is 115 Å². The van der Waals surface area contributed by atoms with Crippen LogP contribution in [0.15, 0.2) is 0 Å². The van der Waals surface area contributed by atoms with Gasteiger partial charge in [0.25, 0.3) is 0 Å². The van der Waals surface area contributed by atoms with Crippen LogP contribution in [0.4, 0.5) is 0 Å². The van der Waals surface area contributed by atoms with Gasteiger partial charge in [0.05, 0.1) is 5.54 Å². The first kappa shape index (κ1) is 14.3. The number of likely N-dealkylation sites (N-methyl/N-ethyl adjacent to an activating group) is 1. The number of carbonyl (C=O) groups excluding carboxylic acids is 2. The smallest absolute Gasteiger partial charge is 0.243 e. The van der Waals surface area contributed by atoms with E-state index >= 15 is 0 Å². The fourth-order valence-electron chi connectivity index (χ4n) is 2.68. The molecule has 1 saturated carbocycles. The van der Waals surface area contributed by atoms with Crippen LogP contribution >= 0.6 is 0 Å². The summed E-state index contributed by atoms with van der Waals surface area (Å²) in [4.78, 5) is 26.5. The first-order chi connectivity index (χ1) is 8.95. The van der Waals surface area contributed by atoms with Crippen molar-refractivity contribution in [2.75, 3.05) is 13.1 Å². The van der Waals surface area contributed by atoms with Gasteiger partial charge >= 0.3 is 0 Å². The second-order valence-electron chi connectivity index (χ2n) is 6.09. The lowest BCUT2D eigenvalue weighted by atomic mass is 10.0. The van der Waals surface area contributed by atoms with Crippen molar-refractivity contribution in [1.29, 1.82) is 0 Å². The van der Waals surface area contributed by atoms with Crippen LogP contribution in [0.25, 0.3) is 0 Å². The molecule has 0 aromatic rings. The van der Waals surface area contributed by atoms with Crippen molar-refractivity contribution in [2.24, 2.45) is 0 Å². The molecule has 2 N–H and O–H groups in total. The van der Waals surface area contributed by atoms with E-state index in [0.29, 0.717) is 12.6 Å². The summed E-state index contributed by atoms with van der Waals surface area (Å²) in [6, 6.07) is 0.0814. The SMILES string of the molecule is CCNC(C)(C)C(=O)N1CCCC1C(=O)NC1CC1. The van der Waals surface area contributed by atoms with Gasteiger partial charge in [-0.1, -0.05) is 6.92 Å². The summed E-state index contributed by atoms with van der Waals surface area (Å²) in [7, 11) is 0. The van der Waals surface area contributed by atoms with E-state index < -0.39 is 5.54 Å². The van der Waals surface area contributed by atoms with Crippen LogP contribution in [0.5, 0.6) is 0 Å². The Bertz CT molecular complexity index is 364. The summed E-state index contributed by atoms with van der Waals surface area (Å²) in [6.07, 6.45) is 3.85. The topological polar surface area (TPSA) is 61.4 Å². The minimum atomic E-state index is -0.600. The third-order valence-electron chi connectivity index (χ3n) is 3.89. The molecule has 1 aliphatic heterocycles. The van der Waals surface area contributed by atoms with Gasteiger partial charge in [0.15, 0.2) is 0 Å². The second kappa shape index (κ2) is 5.49. The Morgan fingerprint density at radius 1 is 1.26 bits per heavy atom. The molecule has 2 fully saturated rings. The van der Waals surface area contributed by atoms with Crippen molar-refractivity contribution < 1.29 is 9.59 Å². The van der Waals surface area contributed by atoms with Crippen LogP contribution < -0.4 is 10.6 Å². The fraction of sp³-hybridized carbons (Fsp3) is 0.857. The zero-order valence-electron chi connectivity index (χ0n) is 12.2. The maximum Gasteiger partial charge on any atom is 0.243 e. The van der Waals surface area contributed by atoms with E-state index in [1.54, 1.807) is 4.90 Å². The molecule has 2 rings (SSSR count). The quantitative estimate of drug-likeness (QED) is 0.768. The predicted octanol–water partition coefficient (Wildman–Crippen LogP) is 0.644. The lowest BCUT2D eigenvalue weighted by Gasteiger charge is -2.33. The summed E-state index contributed by atoms with van der Waals surface area (Å²) in [6.45, 7) is 7.18. The van der Waals surface area contributed by atoms with Crippen LogP contribution in [0, 0.1) is 0 Å². The van der Waals surface area contributed by atoms with Crippen LogP contribution in [0.2, 0.25) is 0 Å². The third-order valence-corrected chi connectivity index (χ3v) is 3.89. The first-order valence-corrected chi connectivity index (χ1v) is 7.32. The van der Waals surface area contributed by atoms with Crippen molar-refractivity contribution in [2.45, 2.75) is 64.1 Å². The van der Waals surface area contributed by atoms with Crippen molar-refractivity contribution in [3.63, 3.8) is 0 Å². The molecule has 108 valence electrons. The van der Waals surface area contributed by atoms with E-state index in [2.05, 4.69) is 10.6 Å². The Kier molecular flexibility index (Phi) is 4.13. The van der Waals surface area contributed by atoms with E-state index in [4.69, 9.17) is 0 Å². The normalized spacial score (nSPS) is 23.5. The lowest BCUT2D eigenvalue weighted by molar-refractivity contribution is -0.142. The minimum Gasteiger partial charge on any atom is -0.352 e. The molecule has 0 aromatic heterocycles. The van der Waals surface area contributed by atoms with Crippen molar-refractivity contribution >= 4 is 11.8 Å². The molecule has 0 bridgehead atoms. The number of likely N-dealkylation sites (tertiary alicyclic amines) is 1. The van der Waals surface area contributed by atoms with Gasteiger partial charge in [-0.2, -0.15) is 0 Å². The van der Waals surface area contributed by atoms with Gasteiger partial charge in [-0.05, 0) is 46.1 Å². The van der Waals surface area contributed by atoms with Crippen LogP contribution in [-0.2, 0) is 9.59 Å². The Balaban J connectivity index is 2.00. The molecule has 2 amide bonds. The Morgan fingerprint density at radius 3 is 2.53 bits per heavy atom. The summed E-state index contributed by atoms with van der Waals surface area (Å²) in [5.74, 6) is 0.0587. The summed E-state index contributed by atoms with van der Waals surface area (Å²) >= 11 is 0. The Hall–Kier alpha value is -1.10. The molecule has 0 spiro atoms. The molecule has 1 heterocycles. The molecule has 5 heteroatoms. The lowest BCUT2D eigenvalue weighted by Crippen LogP contribution is -2.57. The van der Waals surface area contributed by atoms with E-state index in [0.717, 1.165) is 32.2 Å². The number of hydrogen-bond donors (Lipinski definition) is 2. The van der Waals surface area contributed by atoms with Gasteiger partial charge in [0.2, 0.25) is 11.8 Å². The zero-order valence-corrected chi connectivity index (χ0v) is 12.2. The zero-order chi connectivity index (χ0) is 14.0. The third kappa shape index (κ3) is 3.26. The van der Waals surface area contributed by atoms with Crippen LogP contribution in [0.1, 0.15) is 46.5 Å². The minimum absolute atomic E-state index is 0.0284. The molecular formula is C14H25N3O2.